The van der Waals surface area contributed by atoms with Crippen molar-refractivity contribution in [1.82, 2.24) is 14.8 Å². The normalized spacial score (nSPS) is 16.2. The number of carbonyl (C=O) groups is 1. The molecule has 1 aliphatic heterocycles. The number of aryl methyl sites for hydroxylation is 1. The molecular formula is C19H19N5O2. The van der Waals surface area contributed by atoms with Crippen LogP contribution in [0, 0.1) is 0 Å². The third-order valence-corrected chi connectivity index (χ3v) is 4.46. The van der Waals surface area contributed by atoms with Crippen LogP contribution in [0.3, 0.4) is 0 Å². The maximum absolute atomic E-state index is 13.3. The molecule has 1 amide bonds. The number of rotatable bonds is 4. The number of benzene rings is 1. The Balaban J connectivity index is 1.84. The Bertz CT molecular complexity index is 935. The van der Waals surface area contributed by atoms with Crippen molar-refractivity contribution in [2.24, 2.45) is 0 Å². The lowest BCUT2D eigenvalue weighted by atomic mass is 10.1. The van der Waals surface area contributed by atoms with E-state index in [0.717, 1.165) is 11.4 Å². The molecule has 0 saturated carbocycles. The molecule has 26 heavy (non-hydrogen) atoms. The van der Waals surface area contributed by atoms with E-state index in [1.807, 2.05) is 48.0 Å². The molecular weight excluding hydrogens is 330 g/mol. The van der Waals surface area contributed by atoms with Gasteiger partial charge in [0.25, 0.3) is 5.91 Å². The van der Waals surface area contributed by atoms with Crippen molar-refractivity contribution in [3.05, 3.63) is 66.1 Å². The number of anilines is 2. The zero-order valence-electron chi connectivity index (χ0n) is 14.6. The monoisotopic (exact) mass is 349 g/mol. The summed E-state index contributed by atoms with van der Waals surface area (Å²) in [6, 6.07) is 13.0. The Morgan fingerprint density at radius 2 is 2.04 bits per heavy atom. The topological polar surface area (TPSA) is 72.3 Å². The summed E-state index contributed by atoms with van der Waals surface area (Å²) in [6.07, 6.45) is 3.01. The van der Waals surface area contributed by atoms with Crippen LogP contribution in [0.2, 0.25) is 0 Å². The average molecular weight is 349 g/mol. The number of nitrogens with zero attached hydrogens (tertiary/aromatic N) is 4. The Labute approximate surface area is 151 Å². The summed E-state index contributed by atoms with van der Waals surface area (Å²) in [5, 5.41) is 7.82. The fraction of sp³-hybridized carbons (Fsp3) is 0.211. The number of hydrogen-bond donors (Lipinski definition) is 1. The Hall–Kier alpha value is -3.35. The molecule has 1 aliphatic rings. The standard InChI is InChI=1S/C19H19N5O2/c1-3-23-16(10-11-21-23)18-22-15-7-5-4-6-14(15)19(25)24(18)13-8-9-17(26-2)20-12-13/h4-12,18,22H,3H2,1-2H3/t18-/m1/s1. The third kappa shape index (κ3) is 2.57. The van der Waals surface area contributed by atoms with Gasteiger partial charge in [0.2, 0.25) is 5.88 Å². The van der Waals surface area contributed by atoms with Gasteiger partial charge in [-0.1, -0.05) is 12.1 Å². The predicted molar refractivity (Wildman–Crippen MR) is 98.3 cm³/mol. The third-order valence-electron chi connectivity index (χ3n) is 4.46. The average Bonchev–Trinajstić information content (AvgIpc) is 3.17. The summed E-state index contributed by atoms with van der Waals surface area (Å²) in [5.41, 5.74) is 3.03. The van der Waals surface area contributed by atoms with Crippen LogP contribution in [0.4, 0.5) is 11.4 Å². The van der Waals surface area contributed by atoms with E-state index in [0.29, 0.717) is 23.7 Å². The van der Waals surface area contributed by atoms with E-state index in [2.05, 4.69) is 15.4 Å². The number of methoxy groups -OCH3 is 1. The van der Waals surface area contributed by atoms with Crippen LogP contribution in [0.5, 0.6) is 5.88 Å². The van der Waals surface area contributed by atoms with Crippen molar-refractivity contribution in [3.8, 4) is 5.88 Å². The first-order valence-electron chi connectivity index (χ1n) is 8.43. The Morgan fingerprint density at radius 1 is 1.19 bits per heavy atom. The molecule has 0 radical (unpaired) electrons. The first-order chi connectivity index (χ1) is 12.7. The smallest absolute Gasteiger partial charge is 0.262 e. The van der Waals surface area contributed by atoms with Crippen molar-refractivity contribution < 1.29 is 9.53 Å². The first-order valence-corrected chi connectivity index (χ1v) is 8.43. The molecule has 3 heterocycles. The summed E-state index contributed by atoms with van der Waals surface area (Å²) < 4.78 is 7.01. The highest BCUT2D eigenvalue weighted by Gasteiger charge is 2.35. The van der Waals surface area contributed by atoms with Gasteiger partial charge in [0.15, 0.2) is 0 Å². The number of carbonyl (C=O) groups excluding carboxylic acids is 1. The summed E-state index contributed by atoms with van der Waals surface area (Å²) in [5.74, 6) is 0.418. The maximum atomic E-state index is 13.3. The number of nitrogens with one attached hydrogen (secondary N) is 1. The van der Waals surface area contributed by atoms with Gasteiger partial charge >= 0.3 is 0 Å². The minimum atomic E-state index is -0.380. The van der Waals surface area contributed by atoms with Crippen molar-refractivity contribution in [2.45, 2.75) is 19.6 Å². The molecule has 1 N–H and O–H groups in total. The first kappa shape index (κ1) is 16.1. The number of aromatic nitrogens is 3. The summed E-state index contributed by atoms with van der Waals surface area (Å²) in [7, 11) is 1.56. The molecule has 1 atom stereocenters. The fourth-order valence-electron chi connectivity index (χ4n) is 3.20. The van der Waals surface area contributed by atoms with E-state index in [-0.39, 0.29) is 12.1 Å². The van der Waals surface area contributed by atoms with Crippen molar-refractivity contribution >= 4 is 17.3 Å². The van der Waals surface area contributed by atoms with Gasteiger partial charge in [0.05, 0.1) is 30.3 Å². The lowest BCUT2D eigenvalue weighted by Gasteiger charge is -2.37. The van der Waals surface area contributed by atoms with Gasteiger partial charge in [-0.2, -0.15) is 5.10 Å². The Kier molecular flexibility index (Phi) is 4.04. The number of amides is 1. The van der Waals surface area contributed by atoms with Crippen LogP contribution in [0.1, 0.15) is 29.1 Å². The van der Waals surface area contributed by atoms with Crippen LogP contribution in [0.25, 0.3) is 0 Å². The molecule has 2 aromatic heterocycles. The van der Waals surface area contributed by atoms with E-state index in [9.17, 15) is 4.79 Å². The maximum Gasteiger partial charge on any atom is 0.262 e. The van der Waals surface area contributed by atoms with Gasteiger partial charge in [0.1, 0.15) is 6.17 Å². The van der Waals surface area contributed by atoms with Crippen molar-refractivity contribution in [1.29, 1.82) is 0 Å². The molecule has 0 saturated heterocycles. The van der Waals surface area contributed by atoms with Crippen LogP contribution < -0.4 is 15.0 Å². The largest absolute Gasteiger partial charge is 0.481 e. The summed E-state index contributed by atoms with van der Waals surface area (Å²) in [4.78, 5) is 19.2. The number of para-hydroxylation sites is 1. The van der Waals surface area contributed by atoms with Gasteiger partial charge < -0.3 is 10.1 Å². The molecule has 4 rings (SSSR count). The lowest BCUT2D eigenvalue weighted by molar-refractivity contribution is 0.0973. The SMILES string of the molecule is CCn1nccc1[C@@H]1Nc2ccccc2C(=O)N1c1ccc(OC)nc1. The number of ether oxygens (including phenoxy) is 1. The van der Waals surface area contributed by atoms with Gasteiger partial charge in [-0.15, -0.1) is 0 Å². The highest BCUT2D eigenvalue weighted by Crippen LogP contribution is 2.36. The van der Waals surface area contributed by atoms with E-state index >= 15 is 0 Å². The second-order valence-electron chi connectivity index (χ2n) is 5.90. The fourth-order valence-corrected chi connectivity index (χ4v) is 3.20. The minimum absolute atomic E-state index is 0.0832. The number of pyridine rings is 1. The van der Waals surface area contributed by atoms with E-state index < -0.39 is 0 Å². The van der Waals surface area contributed by atoms with Crippen LogP contribution >= 0.6 is 0 Å². The highest BCUT2D eigenvalue weighted by atomic mass is 16.5. The lowest BCUT2D eigenvalue weighted by Crippen LogP contribution is -2.44. The molecule has 132 valence electrons. The highest BCUT2D eigenvalue weighted by molar-refractivity contribution is 6.12. The van der Waals surface area contributed by atoms with Crippen LogP contribution in [-0.4, -0.2) is 27.8 Å². The summed E-state index contributed by atoms with van der Waals surface area (Å²) in [6.45, 7) is 2.74. The predicted octanol–water partition coefficient (Wildman–Crippen LogP) is 3.08. The van der Waals surface area contributed by atoms with Gasteiger partial charge in [-0.25, -0.2) is 4.98 Å². The molecule has 0 bridgehead atoms. The molecule has 7 nitrogen and oxygen atoms in total. The van der Waals surface area contributed by atoms with E-state index in [4.69, 9.17) is 4.74 Å². The molecule has 0 unspecified atom stereocenters. The molecule has 0 fully saturated rings. The minimum Gasteiger partial charge on any atom is -0.481 e. The van der Waals surface area contributed by atoms with Crippen LogP contribution in [-0.2, 0) is 6.54 Å². The van der Waals surface area contributed by atoms with Crippen LogP contribution in [0.15, 0.2) is 54.9 Å². The van der Waals surface area contributed by atoms with E-state index in [1.54, 1.807) is 30.5 Å². The Morgan fingerprint density at radius 3 is 2.77 bits per heavy atom. The van der Waals surface area contributed by atoms with Gasteiger partial charge in [0, 0.05) is 24.5 Å². The zero-order chi connectivity index (χ0) is 18.1. The van der Waals surface area contributed by atoms with Gasteiger partial charge in [-0.3, -0.25) is 14.4 Å². The number of hydrogen-bond acceptors (Lipinski definition) is 5. The second kappa shape index (κ2) is 6.51. The second-order valence-corrected chi connectivity index (χ2v) is 5.90. The zero-order valence-corrected chi connectivity index (χ0v) is 14.6. The molecule has 0 spiro atoms. The molecule has 1 aromatic carbocycles. The molecule has 3 aromatic rings. The molecule has 0 aliphatic carbocycles. The van der Waals surface area contributed by atoms with E-state index in [1.165, 1.54) is 0 Å². The van der Waals surface area contributed by atoms with Crippen molar-refractivity contribution in [2.75, 3.05) is 17.3 Å². The number of fused-ring (bicyclic) bond motifs is 1. The summed E-state index contributed by atoms with van der Waals surface area (Å²) >= 11 is 0. The van der Waals surface area contributed by atoms with Crippen molar-refractivity contribution in [3.63, 3.8) is 0 Å². The van der Waals surface area contributed by atoms with Gasteiger partial charge in [-0.05, 0) is 31.2 Å². The molecule has 7 heteroatoms. The quantitative estimate of drug-likeness (QED) is 0.784.